The lowest BCUT2D eigenvalue weighted by molar-refractivity contribution is -0.125. The van der Waals surface area contributed by atoms with E-state index in [0.29, 0.717) is 5.92 Å². The molecule has 2 heterocycles. The van der Waals surface area contributed by atoms with E-state index < -0.39 is 6.09 Å². The van der Waals surface area contributed by atoms with E-state index in [4.69, 9.17) is 5.11 Å². The maximum atomic E-state index is 11.3. The Hall–Kier alpha value is -1.10. The number of carboxylic acid groups (broad SMARTS) is 1. The molecule has 2 rings (SSSR count). The summed E-state index contributed by atoms with van der Waals surface area (Å²) in [5.41, 5.74) is 0. The van der Waals surface area contributed by atoms with Crippen LogP contribution >= 0.6 is 0 Å². The van der Waals surface area contributed by atoms with Crippen molar-refractivity contribution in [3.8, 4) is 0 Å². The van der Waals surface area contributed by atoms with Gasteiger partial charge < -0.3 is 10.0 Å². The van der Waals surface area contributed by atoms with Gasteiger partial charge in [0.25, 0.3) is 0 Å². The van der Waals surface area contributed by atoms with Crippen molar-refractivity contribution >= 4 is 12.0 Å². The lowest BCUT2D eigenvalue weighted by Crippen LogP contribution is -2.40. The highest BCUT2D eigenvalue weighted by molar-refractivity contribution is 5.92. The number of fused-ring (bicyclic) bond motifs is 2. The van der Waals surface area contributed by atoms with Gasteiger partial charge in [0.15, 0.2) is 0 Å². The molecule has 2 amide bonds. The van der Waals surface area contributed by atoms with E-state index in [2.05, 4.69) is 4.90 Å². The average molecular weight is 184 g/mol. The summed E-state index contributed by atoms with van der Waals surface area (Å²) >= 11 is 0. The van der Waals surface area contributed by atoms with Crippen molar-refractivity contribution in [2.24, 2.45) is 11.8 Å². The van der Waals surface area contributed by atoms with Gasteiger partial charge in [-0.05, 0) is 18.9 Å². The quantitative estimate of drug-likeness (QED) is 0.588. The molecule has 0 aromatic heterocycles. The highest BCUT2D eigenvalue weighted by Crippen LogP contribution is 2.32. The van der Waals surface area contributed by atoms with Gasteiger partial charge in [-0.3, -0.25) is 10.1 Å². The van der Waals surface area contributed by atoms with Crippen molar-refractivity contribution in [3.05, 3.63) is 0 Å². The number of hydrogen-bond acceptors (Lipinski definition) is 3. The standard InChI is InChI=1S/C8H12N2O3/c11-7(9-8(12)13)6-4-10-2-1-5(6)3-10/h5-6H,1-4H2,(H,9,11)(H,12,13)/t5-,6+/m0/s1. The minimum Gasteiger partial charge on any atom is -0.465 e. The maximum Gasteiger partial charge on any atom is 0.411 e. The number of rotatable bonds is 1. The van der Waals surface area contributed by atoms with Crippen molar-refractivity contribution in [2.75, 3.05) is 19.6 Å². The van der Waals surface area contributed by atoms with Gasteiger partial charge in [0.1, 0.15) is 0 Å². The Balaban J connectivity index is 1.95. The number of nitrogens with one attached hydrogen (secondary N) is 1. The molecule has 0 aliphatic carbocycles. The number of imide groups is 1. The van der Waals surface area contributed by atoms with E-state index in [-0.39, 0.29) is 11.8 Å². The van der Waals surface area contributed by atoms with Crippen molar-refractivity contribution in [3.63, 3.8) is 0 Å². The fraction of sp³-hybridized carbons (Fsp3) is 0.750. The Labute approximate surface area is 75.7 Å². The molecule has 5 nitrogen and oxygen atoms in total. The predicted octanol–water partition coefficient (Wildman–Crippen LogP) is -0.268. The number of carbonyl (C=O) groups is 2. The topological polar surface area (TPSA) is 69.6 Å². The summed E-state index contributed by atoms with van der Waals surface area (Å²) < 4.78 is 0. The number of carbonyl (C=O) groups excluding carboxylic acids is 1. The third-order valence-corrected chi connectivity index (χ3v) is 2.90. The van der Waals surface area contributed by atoms with Crippen LogP contribution in [0.5, 0.6) is 0 Å². The molecule has 0 spiro atoms. The minimum absolute atomic E-state index is 0.107. The van der Waals surface area contributed by atoms with Crippen LogP contribution in [0.25, 0.3) is 0 Å². The van der Waals surface area contributed by atoms with E-state index in [9.17, 15) is 9.59 Å². The fourth-order valence-corrected chi connectivity index (χ4v) is 2.28. The molecule has 0 aromatic carbocycles. The van der Waals surface area contributed by atoms with Gasteiger partial charge in [-0.2, -0.15) is 0 Å². The number of amides is 2. The van der Waals surface area contributed by atoms with Gasteiger partial charge in [0, 0.05) is 13.1 Å². The summed E-state index contributed by atoms with van der Waals surface area (Å²) in [4.78, 5) is 23.8. The molecule has 0 saturated carbocycles. The smallest absolute Gasteiger partial charge is 0.411 e. The van der Waals surface area contributed by atoms with Gasteiger partial charge in [0.2, 0.25) is 5.91 Å². The first-order valence-electron chi connectivity index (χ1n) is 4.43. The Kier molecular flexibility index (Phi) is 1.95. The van der Waals surface area contributed by atoms with Gasteiger partial charge in [0.05, 0.1) is 5.92 Å². The van der Waals surface area contributed by atoms with Crippen LogP contribution in [0, 0.1) is 11.8 Å². The van der Waals surface area contributed by atoms with Crippen LogP contribution in [0.15, 0.2) is 0 Å². The van der Waals surface area contributed by atoms with E-state index >= 15 is 0 Å². The number of piperidine rings is 1. The number of hydrogen-bond donors (Lipinski definition) is 2. The molecular weight excluding hydrogens is 172 g/mol. The summed E-state index contributed by atoms with van der Waals surface area (Å²) in [5.74, 6) is -0.0658. The monoisotopic (exact) mass is 184 g/mol. The molecule has 1 unspecified atom stereocenters. The SMILES string of the molecule is O=C(O)NC(=O)[C@@H]1CN2CC[C@H]1C2. The van der Waals surface area contributed by atoms with Gasteiger partial charge in [-0.1, -0.05) is 0 Å². The number of nitrogens with zero attached hydrogens (tertiary/aromatic N) is 1. The second-order valence-corrected chi connectivity index (χ2v) is 3.71. The molecule has 0 aromatic rings. The van der Waals surface area contributed by atoms with E-state index in [0.717, 1.165) is 26.1 Å². The van der Waals surface area contributed by atoms with Crippen LogP contribution in [-0.4, -0.2) is 41.6 Å². The second-order valence-electron chi connectivity index (χ2n) is 3.71. The third kappa shape index (κ3) is 1.51. The summed E-state index contributed by atoms with van der Waals surface area (Å²) in [6.07, 6.45) is -0.222. The van der Waals surface area contributed by atoms with E-state index in [1.807, 2.05) is 5.32 Å². The molecule has 13 heavy (non-hydrogen) atoms. The zero-order chi connectivity index (χ0) is 9.42. The summed E-state index contributed by atoms with van der Waals surface area (Å²) in [5, 5.41) is 10.3. The lowest BCUT2D eigenvalue weighted by Gasteiger charge is -2.19. The molecule has 72 valence electrons. The molecular formula is C8H12N2O3. The summed E-state index contributed by atoms with van der Waals surface area (Å²) in [7, 11) is 0. The Bertz CT molecular complexity index is 254. The van der Waals surface area contributed by atoms with Crippen LogP contribution < -0.4 is 5.32 Å². The van der Waals surface area contributed by atoms with Crippen LogP contribution in [0.1, 0.15) is 6.42 Å². The average Bonchev–Trinajstić information content (AvgIpc) is 2.62. The first-order valence-corrected chi connectivity index (χ1v) is 4.43. The van der Waals surface area contributed by atoms with Crippen LogP contribution in [0.4, 0.5) is 4.79 Å². The third-order valence-electron chi connectivity index (χ3n) is 2.90. The van der Waals surface area contributed by atoms with Gasteiger partial charge >= 0.3 is 6.09 Å². The molecule has 2 aliphatic heterocycles. The highest BCUT2D eigenvalue weighted by Gasteiger charge is 2.42. The van der Waals surface area contributed by atoms with E-state index in [1.54, 1.807) is 0 Å². The van der Waals surface area contributed by atoms with Gasteiger partial charge in [-0.15, -0.1) is 0 Å². The van der Waals surface area contributed by atoms with Crippen molar-refractivity contribution in [2.45, 2.75) is 6.42 Å². The summed E-state index contributed by atoms with van der Waals surface area (Å²) in [6, 6.07) is 0. The molecule has 2 aliphatic rings. The van der Waals surface area contributed by atoms with Crippen LogP contribution in [0.3, 0.4) is 0 Å². The first-order chi connectivity index (χ1) is 6.16. The minimum atomic E-state index is -1.25. The van der Waals surface area contributed by atoms with Crippen molar-refractivity contribution in [1.29, 1.82) is 0 Å². The molecule has 3 atom stereocenters. The maximum absolute atomic E-state index is 11.3. The first kappa shape index (κ1) is 8.50. The largest absolute Gasteiger partial charge is 0.465 e. The van der Waals surface area contributed by atoms with Crippen molar-refractivity contribution in [1.82, 2.24) is 10.2 Å². The zero-order valence-corrected chi connectivity index (χ0v) is 7.19. The second kappa shape index (κ2) is 2.99. The summed E-state index contributed by atoms with van der Waals surface area (Å²) in [6.45, 7) is 2.74. The molecule has 2 N–H and O–H groups in total. The zero-order valence-electron chi connectivity index (χ0n) is 7.19. The molecule has 2 fully saturated rings. The molecule has 0 radical (unpaired) electrons. The molecule has 2 bridgehead atoms. The predicted molar refractivity (Wildman–Crippen MR) is 44.2 cm³/mol. The fourth-order valence-electron chi connectivity index (χ4n) is 2.28. The highest BCUT2D eigenvalue weighted by atomic mass is 16.4. The normalized spacial score (nSPS) is 36.2. The molecule has 5 heteroatoms. The van der Waals surface area contributed by atoms with Crippen LogP contribution in [-0.2, 0) is 4.79 Å². The molecule has 2 saturated heterocycles. The van der Waals surface area contributed by atoms with Gasteiger partial charge in [-0.25, -0.2) is 4.79 Å². The Morgan fingerprint density at radius 3 is 2.62 bits per heavy atom. The van der Waals surface area contributed by atoms with Crippen molar-refractivity contribution < 1.29 is 14.7 Å². The Morgan fingerprint density at radius 2 is 2.15 bits per heavy atom. The van der Waals surface area contributed by atoms with Crippen LogP contribution in [0.2, 0.25) is 0 Å². The lowest BCUT2D eigenvalue weighted by atomic mass is 9.92. The van der Waals surface area contributed by atoms with E-state index in [1.165, 1.54) is 0 Å². The Morgan fingerprint density at radius 1 is 1.38 bits per heavy atom.